The molecule has 1 aromatic carbocycles. The lowest BCUT2D eigenvalue weighted by molar-refractivity contribution is -0.121. The van der Waals surface area contributed by atoms with E-state index in [4.69, 9.17) is 4.52 Å². The first-order valence-corrected chi connectivity index (χ1v) is 6.66. The molecular formula is C14H14N4O3. The lowest BCUT2D eigenvalue weighted by atomic mass is 10.2. The minimum absolute atomic E-state index is 0.164. The highest BCUT2D eigenvalue weighted by molar-refractivity contribution is 6.22. The number of carbonyl (C=O) groups excluding carboxylic acids is 2. The van der Waals surface area contributed by atoms with Gasteiger partial charge in [-0.25, -0.2) is 4.90 Å². The molecule has 3 rings (SSSR count). The van der Waals surface area contributed by atoms with Crippen LogP contribution in [0.15, 0.2) is 41.2 Å². The highest BCUT2D eigenvalue weighted by Crippen LogP contribution is 2.22. The third-order valence-electron chi connectivity index (χ3n) is 3.30. The molecule has 1 N–H and O–H groups in total. The number of hydrogen-bond acceptors (Lipinski definition) is 6. The molecule has 0 bridgehead atoms. The summed E-state index contributed by atoms with van der Waals surface area (Å²) in [5, 5.41) is 6.57. The van der Waals surface area contributed by atoms with Crippen LogP contribution in [0.25, 0.3) is 0 Å². The molecule has 0 saturated carbocycles. The van der Waals surface area contributed by atoms with E-state index in [-0.39, 0.29) is 18.2 Å². The molecule has 7 nitrogen and oxygen atoms in total. The summed E-state index contributed by atoms with van der Waals surface area (Å²) in [6.45, 7) is 0.495. The first-order chi connectivity index (χ1) is 10.3. The van der Waals surface area contributed by atoms with Gasteiger partial charge >= 0.3 is 0 Å². The number of carbonyl (C=O) groups is 2. The predicted molar refractivity (Wildman–Crippen MR) is 73.3 cm³/mol. The Morgan fingerprint density at radius 2 is 2.10 bits per heavy atom. The van der Waals surface area contributed by atoms with Gasteiger partial charge in [0, 0.05) is 13.0 Å². The van der Waals surface area contributed by atoms with Crippen molar-refractivity contribution in [1.82, 2.24) is 15.5 Å². The minimum atomic E-state index is -0.499. The average Bonchev–Trinajstić information content (AvgIpc) is 3.09. The average molecular weight is 286 g/mol. The third-order valence-corrected chi connectivity index (χ3v) is 3.30. The van der Waals surface area contributed by atoms with Crippen LogP contribution in [0.2, 0.25) is 0 Å². The molecule has 1 aliphatic rings. The van der Waals surface area contributed by atoms with Gasteiger partial charge in [0.1, 0.15) is 0 Å². The number of anilines is 1. The zero-order chi connectivity index (χ0) is 14.7. The van der Waals surface area contributed by atoms with Crippen molar-refractivity contribution in [3.05, 3.63) is 42.5 Å². The van der Waals surface area contributed by atoms with Gasteiger partial charge in [-0.05, 0) is 12.1 Å². The minimum Gasteiger partial charge on any atom is -0.340 e. The van der Waals surface area contributed by atoms with E-state index >= 15 is 0 Å². The second-order valence-corrected chi connectivity index (χ2v) is 4.70. The maximum absolute atomic E-state index is 12.3. The summed E-state index contributed by atoms with van der Waals surface area (Å²) in [5.41, 5.74) is 0.605. The second-order valence-electron chi connectivity index (χ2n) is 4.70. The van der Waals surface area contributed by atoms with Crippen molar-refractivity contribution >= 4 is 17.5 Å². The highest BCUT2D eigenvalue weighted by Gasteiger charge is 2.39. The highest BCUT2D eigenvalue weighted by atomic mass is 16.5. The Morgan fingerprint density at radius 1 is 1.29 bits per heavy atom. The summed E-state index contributed by atoms with van der Waals surface area (Å²) in [7, 11) is 0. The first-order valence-electron chi connectivity index (χ1n) is 6.66. The van der Waals surface area contributed by atoms with E-state index < -0.39 is 6.04 Å². The lowest BCUT2D eigenvalue weighted by Crippen LogP contribution is -2.39. The lowest BCUT2D eigenvalue weighted by Gasteiger charge is -2.15. The van der Waals surface area contributed by atoms with Crippen LogP contribution < -0.4 is 10.2 Å². The van der Waals surface area contributed by atoms with Gasteiger partial charge in [-0.2, -0.15) is 4.98 Å². The van der Waals surface area contributed by atoms with Crippen molar-refractivity contribution in [2.75, 3.05) is 11.4 Å². The van der Waals surface area contributed by atoms with Crippen molar-refractivity contribution in [2.24, 2.45) is 0 Å². The number of nitrogens with one attached hydrogen (secondary N) is 1. The van der Waals surface area contributed by atoms with Crippen LogP contribution >= 0.6 is 0 Å². The van der Waals surface area contributed by atoms with Crippen LogP contribution in [-0.4, -0.2) is 34.5 Å². The van der Waals surface area contributed by atoms with E-state index in [0.717, 1.165) is 0 Å². The van der Waals surface area contributed by atoms with Crippen LogP contribution in [0.4, 0.5) is 5.69 Å². The maximum Gasteiger partial charge on any atom is 0.251 e. The molecular weight excluding hydrogens is 272 g/mol. The molecule has 2 amide bonds. The SMILES string of the molecule is O=C1CC(NCCc2ncno2)C(=O)N1c1ccccc1. The first kappa shape index (κ1) is 13.4. The summed E-state index contributed by atoms with van der Waals surface area (Å²) < 4.78 is 4.87. The van der Waals surface area contributed by atoms with Crippen LogP contribution in [0.1, 0.15) is 12.3 Å². The van der Waals surface area contributed by atoms with Crippen LogP contribution in [0.3, 0.4) is 0 Å². The molecule has 21 heavy (non-hydrogen) atoms. The van der Waals surface area contributed by atoms with Crippen molar-refractivity contribution < 1.29 is 14.1 Å². The number of nitrogens with zero attached hydrogens (tertiary/aromatic N) is 3. The number of hydrogen-bond donors (Lipinski definition) is 1. The molecule has 1 aliphatic heterocycles. The largest absolute Gasteiger partial charge is 0.340 e. The Morgan fingerprint density at radius 3 is 2.81 bits per heavy atom. The third kappa shape index (κ3) is 2.82. The van der Waals surface area contributed by atoms with E-state index in [0.29, 0.717) is 24.5 Å². The van der Waals surface area contributed by atoms with E-state index in [9.17, 15) is 9.59 Å². The van der Waals surface area contributed by atoms with E-state index in [1.54, 1.807) is 24.3 Å². The van der Waals surface area contributed by atoms with Gasteiger partial charge in [0.15, 0.2) is 6.33 Å². The molecule has 2 aromatic rings. The Bertz CT molecular complexity index is 627. The topological polar surface area (TPSA) is 88.3 Å². The zero-order valence-corrected chi connectivity index (χ0v) is 11.2. The van der Waals surface area contributed by atoms with Crippen molar-refractivity contribution in [2.45, 2.75) is 18.9 Å². The Balaban J connectivity index is 1.61. The molecule has 0 radical (unpaired) electrons. The van der Waals surface area contributed by atoms with Crippen molar-refractivity contribution in [3.63, 3.8) is 0 Å². The number of para-hydroxylation sites is 1. The smallest absolute Gasteiger partial charge is 0.251 e. The monoisotopic (exact) mass is 286 g/mol. The number of amides is 2. The predicted octanol–water partition coefficient (Wildman–Crippen LogP) is 0.534. The number of rotatable bonds is 5. The van der Waals surface area contributed by atoms with Gasteiger partial charge in [-0.3, -0.25) is 9.59 Å². The molecule has 1 aromatic heterocycles. The van der Waals surface area contributed by atoms with Crippen molar-refractivity contribution in [3.8, 4) is 0 Å². The summed E-state index contributed by atoms with van der Waals surface area (Å²) in [6, 6.07) is 8.43. The van der Waals surface area contributed by atoms with Crippen molar-refractivity contribution in [1.29, 1.82) is 0 Å². The number of imide groups is 1. The molecule has 1 fully saturated rings. The zero-order valence-electron chi connectivity index (χ0n) is 11.2. The van der Waals surface area contributed by atoms with Gasteiger partial charge in [0.25, 0.3) is 5.91 Å². The molecule has 2 heterocycles. The van der Waals surface area contributed by atoms with Gasteiger partial charge in [-0.1, -0.05) is 23.4 Å². The van der Waals surface area contributed by atoms with E-state index in [2.05, 4.69) is 15.5 Å². The molecule has 1 unspecified atom stereocenters. The van der Waals surface area contributed by atoms with Gasteiger partial charge in [0.2, 0.25) is 11.8 Å². The molecule has 1 saturated heterocycles. The van der Waals surface area contributed by atoms with Gasteiger partial charge in [0.05, 0.1) is 18.2 Å². The summed E-state index contributed by atoms with van der Waals surface area (Å²) >= 11 is 0. The van der Waals surface area contributed by atoms with Gasteiger partial charge in [-0.15, -0.1) is 0 Å². The van der Waals surface area contributed by atoms with E-state index in [1.807, 2.05) is 6.07 Å². The molecule has 0 spiro atoms. The maximum atomic E-state index is 12.3. The molecule has 108 valence electrons. The Hall–Kier alpha value is -2.54. The summed E-state index contributed by atoms with van der Waals surface area (Å²) in [6.07, 6.45) is 2.01. The fourth-order valence-corrected chi connectivity index (χ4v) is 2.30. The van der Waals surface area contributed by atoms with Gasteiger partial charge < -0.3 is 9.84 Å². The Kier molecular flexibility index (Phi) is 3.74. The summed E-state index contributed by atoms with van der Waals surface area (Å²) in [5.74, 6) is 0.0809. The number of benzene rings is 1. The fraction of sp³-hybridized carbons (Fsp3) is 0.286. The van der Waals surface area contributed by atoms with Crippen LogP contribution in [0.5, 0.6) is 0 Å². The molecule has 7 heteroatoms. The summed E-state index contributed by atoms with van der Waals surface area (Å²) in [4.78, 5) is 29.4. The van der Waals surface area contributed by atoms with Crippen LogP contribution in [-0.2, 0) is 16.0 Å². The molecule has 1 atom stereocenters. The van der Waals surface area contributed by atoms with Crippen LogP contribution in [0, 0.1) is 0 Å². The normalized spacial score (nSPS) is 18.5. The van der Waals surface area contributed by atoms with E-state index in [1.165, 1.54) is 11.2 Å². The quantitative estimate of drug-likeness (QED) is 0.807. The number of aromatic nitrogens is 2. The standard InChI is InChI=1S/C14H14N4O3/c19-13-8-11(15-7-6-12-16-9-17-21-12)14(20)18(13)10-4-2-1-3-5-10/h1-5,9,11,15H,6-8H2. The molecule has 0 aliphatic carbocycles. The Labute approximate surface area is 120 Å². The second kappa shape index (κ2) is 5.84. The fourth-order valence-electron chi connectivity index (χ4n) is 2.30.